The summed E-state index contributed by atoms with van der Waals surface area (Å²) < 4.78 is 11.2. The third-order valence-corrected chi connectivity index (χ3v) is 4.35. The van der Waals surface area contributed by atoms with Gasteiger partial charge in [0.15, 0.2) is 5.69 Å². The highest BCUT2D eigenvalue weighted by Crippen LogP contribution is 2.25. The molecule has 0 radical (unpaired) electrons. The Hall–Kier alpha value is -2.30. The number of ether oxygens (including phenoxy) is 1. The molecule has 23 heavy (non-hydrogen) atoms. The van der Waals surface area contributed by atoms with Gasteiger partial charge in [0.05, 0.1) is 5.56 Å². The molecule has 2 aromatic rings. The Morgan fingerprint density at radius 3 is 2.52 bits per heavy atom. The monoisotopic (exact) mass is 314 g/mol. The molecule has 122 valence electrons. The Morgan fingerprint density at radius 2 is 1.87 bits per heavy atom. The van der Waals surface area contributed by atoms with Crippen LogP contribution in [-0.4, -0.2) is 29.1 Å². The van der Waals surface area contributed by atoms with Crippen LogP contribution < -0.4 is 4.74 Å². The minimum atomic E-state index is -0.0561. The average Bonchev–Trinajstić information content (AvgIpc) is 3.17. The van der Waals surface area contributed by atoms with E-state index in [1.807, 2.05) is 43.9 Å². The van der Waals surface area contributed by atoms with Crippen LogP contribution >= 0.6 is 0 Å². The third kappa shape index (κ3) is 3.09. The van der Waals surface area contributed by atoms with E-state index in [9.17, 15) is 4.79 Å². The molecule has 1 fully saturated rings. The number of carbonyl (C=O) groups excluding carboxylic acids is 1. The summed E-state index contributed by atoms with van der Waals surface area (Å²) in [4.78, 5) is 14.4. The highest BCUT2D eigenvalue weighted by Gasteiger charge is 2.27. The predicted molar refractivity (Wildman–Crippen MR) is 86.6 cm³/mol. The first-order chi connectivity index (χ1) is 11.1. The van der Waals surface area contributed by atoms with E-state index >= 15 is 0 Å². The molecule has 2 heterocycles. The normalized spacial score (nSPS) is 14.3. The van der Waals surface area contributed by atoms with E-state index in [2.05, 4.69) is 5.16 Å². The van der Waals surface area contributed by atoms with Crippen LogP contribution in [0.2, 0.25) is 0 Å². The van der Waals surface area contributed by atoms with Crippen LogP contribution in [0.1, 0.15) is 45.8 Å². The number of likely N-dealkylation sites (tertiary alicyclic amines) is 1. The summed E-state index contributed by atoms with van der Waals surface area (Å²) in [6.45, 7) is 7.72. The maximum Gasteiger partial charge on any atom is 0.276 e. The van der Waals surface area contributed by atoms with Crippen molar-refractivity contribution in [2.24, 2.45) is 0 Å². The van der Waals surface area contributed by atoms with Gasteiger partial charge < -0.3 is 14.2 Å². The fourth-order valence-electron chi connectivity index (χ4n) is 2.97. The number of carbonyl (C=O) groups is 1. The minimum absolute atomic E-state index is 0.0561. The summed E-state index contributed by atoms with van der Waals surface area (Å²) in [5.41, 5.74) is 3.28. The molecule has 0 atom stereocenters. The molecule has 1 aromatic heterocycles. The van der Waals surface area contributed by atoms with Gasteiger partial charge in [-0.05, 0) is 44.7 Å². The summed E-state index contributed by atoms with van der Waals surface area (Å²) in [5.74, 6) is 1.44. The fourth-order valence-corrected chi connectivity index (χ4v) is 2.97. The number of para-hydroxylation sites is 1. The maximum absolute atomic E-state index is 12.6. The van der Waals surface area contributed by atoms with Crippen LogP contribution in [0.5, 0.6) is 5.75 Å². The van der Waals surface area contributed by atoms with Crippen LogP contribution in [0.4, 0.5) is 0 Å². The molecule has 3 rings (SSSR count). The number of aromatic nitrogens is 1. The van der Waals surface area contributed by atoms with E-state index in [0.717, 1.165) is 48.4 Å². The van der Waals surface area contributed by atoms with Gasteiger partial charge in [0.25, 0.3) is 5.91 Å². The van der Waals surface area contributed by atoms with Gasteiger partial charge in [-0.1, -0.05) is 23.4 Å². The number of aryl methyl sites for hydroxylation is 3. The first kappa shape index (κ1) is 15.6. The molecule has 0 spiro atoms. The lowest BCUT2D eigenvalue weighted by atomic mass is 10.1. The molecule has 1 aromatic carbocycles. The summed E-state index contributed by atoms with van der Waals surface area (Å²) >= 11 is 0. The molecular weight excluding hydrogens is 292 g/mol. The van der Waals surface area contributed by atoms with Crippen LogP contribution in [-0.2, 0) is 6.61 Å². The van der Waals surface area contributed by atoms with E-state index in [4.69, 9.17) is 9.26 Å². The second-order valence-corrected chi connectivity index (χ2v) is 6.07. The van der Waals surface area contributed by atoms with Crippen molar-refractivity contribution in [1.82, 2.24) is 10.1 Å². The highest BCUT2D eigenvalue weighted by atomic mass is 16.5. The van der Waals surface area contributed by atoms with Gasteiger partial charge in [-0.15, -0.1) is 0 Å². The van der Waals surface area contributed by atoms with E-state index in [1.165, 1.54) is 0 Å². The van der Waals surface area contributed by atoms with E-state index in [1.54, 1.807) is 0 Å². The Balaban J connectivity index is 1.80. The molecule has 5 nitrogen and oxygen atoms in total. The van der Waals surface area contributed by atoms with Gasteiger partial charge in [0.1, 0.15) is 18.1 Å². The van der Waals surface area contributed by atoms with Crippen molar-refractivity contribution in [1.29, 1.82) is 0 Å². The largest absolute Gasteiger partial charge is 0.488 e. The fraction of sp³-hybridized carbons (Fsp3) is 0.444. The summed E-state index contributed by atoms with van der Waals surface area (Å²) in [5, 5.41) is 3.97. The molecule has 1 amide bonds. The molecule has 0 saturated carbocycles. The molecule has 0 N–H and O–H groups in total. The molecule has 1 saturated heterocycles. The van der Waals surface area contributed by atoms with E-state index in [0.29, 0.717) is 11.5 Å². The molecule has 0 unspecified atom stereocenters. The maximum atomic E-state index is 12.6. The minimum Gasteiger partial charge on any atom is -0.488 e. The van der Waals surface area contributed by atoms with Crippen molar-refractivity contribution in [2.45, 2.75) is 40.2 Å². The van der Waals surface area contributed by atoms with Crippen molar-refractivity contribution in [3.05, 3.63) is 46.3 Å². The Labute approximate surface area is 136 Å². The van der Waals surface area contributed by atoms with Crippen LogP contribution in [0, 0.1) is 20.8 Å². The quantitative estimate of drug-likeness (QED) is 0.868. The number of amides is 1. The second-order valence-electron chi connectivity index (χ2n) is 6.07. The van der Waals surface area contributed by atoms with E-state index < -0.39 is 0 Å². The van der Waals surface area contributed by atoms with E-state index in [-0.39, 0.29) is 12.5 Å². The molecule has 1 aliphatic rings. The highest BCUT2D eigenvalue weighted by molar-refractivity contribution is 5.94. The summed E-state index contributed by atoms with van der Waals surface area (Å²) in [7, 11) is 0. The van der Waals surface area contributed by atoms with Gasteiger partial charge in [-0.2, -0.15) is 0 Å². The predicted octanol–water partition coefficient (Wildman–Crippen LogP) is 3.41. The van der Waals surface area contributed by atoms with Crippen LogP contribution in [0.15, 0.2) is 22.7 Å². The number of nitrogens with zero attached hydrogens (tertiary/aromatic N) is 2. The Kier molecular flexibility index (Phi) is 4.37. The average molecular weight is 314 g/mol. The standard InChI is InChI=1S/C18H22N2O3/c1-12-7-6-8-13(2)17(12)22-11-15-14(3)23-19-16(15)18(21)20-9-4-5-10-20/h6-8H,4-5,9-11H2,1-3H3. The zero-order chi connectivity index (χ0) is 16.4. The number of rotatable bonds is 4. The molecule has 5 heteroatoms. The lowest BCUT2D eigenvalue weighted by Gasteiger charge is -2.15. The van der Waals surface area contributed by atoms with Gasteiger partial charge in [0, 0.05) is 13.1 Å². The SMILES string of the molecule is Cc1cccc(C)c1OCc1c(C(=O)N2CCCC2)noc1C. The summed E-state index contributed by atoms with van der Waals surface area (Å²) in [6, 6.07) is 6.03. The first-order valence-corrected chi connectivity index (χ1v) is 8.01. The first-order valence-electron chi connectivity index (χ1n) is 8.01. The number of hydrogen-bond acceptors (Lipinski definition) is 4. The Bertz CT molecular complexity index is 695. The van der Waals surface area contributed by atoms with Crippen molar-refractivity contribution in [3.63, 3.8) is 0 Å². The van der Waals surface area contributed by atoms with Crippen LogP contribution in [0.3, 0.4) is 0 Å². The van der Waals surface area contributed by atoms with Gasteiger partial charge in [-0.3, -0.25) is 4.79 Å². The van der Waals surface area contributed by atoms with Crippen LogP contribution in [0.25, 0.3) is 0 Å². The smallest absolute Gasteiger partial charge is 0.276 e. The second kappa shape index (κ2) is 6.44. The number of hydrogen-bond donors (Lipinski definition) is 0. The topological polar surface area (TPSA) is 55.6 Å². The third-order valence-electron chi connectivity index (χ3n) is 4.35. The zero-order valence-corrected chi connectivity index (χ0v) is 13.9. The molecular formula is C18H22N2O3. The summed E-state index contributed by atoms with van der Waals surface area (Å²) in [6.07, 6.45) is 2.10. The Morgan fingerprint density at radius 1 is 1.22 bits per heavy atom. The molecule has 0 bridgehead atoms. The molecule has 0 aliphatic carbocycles. The van der Waals surface area contributed by atoms with Gasteiger partial charge in [0.2, 0.25) is 0 Å². The lowest BCUT2D eigenvalue weighted by molar-refractivity contribution is 0.0780. The zero-order valence-electron chi connectivity index (χ0n) is 13.9. The van der Waals surface area contributed by atoms with Crippen molar-refractivity contribution in [2.75, 3.05) is 13.1 Å². The van der Waals surface area contributed by atoms with Crippen molar-refractivity contribution in [3.8, 4) is 5.75 Å². The van der Waals surface area contributed by atoms with Crippen molar-refractivity contribution >= 4 is 5.91 Å². The van der Waals surface area contributed by atoms with Gasteiger partial charge in [-0.25, -0.2) is 0 Å². The van der Waals surface area contributed by atoms with Crippen molar-refractivity contribution < 1.29 is 14.1 Å². The lowest BCUT2D eigenvalue weighted by Crippen LogP contribution is -2.29. The van der Waals surface area contributed by atoms with Gasteiger partial charge >= 0.3 is 0 Å². The molecule has 1 aliphatic heterocycles. The number of benzene rings is 1.